The number of amides is 1. The van der Waals surface area contributed by atoms with Crippen LogP contribution in [0.1, 0.15) is 32.3 Å². The van der Waals surface area contributed by atoms with Gasteiger partial charge in [0.1, 0.15) is 5.75 Å². The minimum absolute atomic E-state index is 0.0527. The van der Waals surface area contributed by atoms with E-state index in [9.17, 15) is 4.79 Å². The second kappa shape index (κ2) is 10.9. The van der Waals surface area contributed by atoms with E-state index < -0.39 is 0 Å². The number of nitrogens with zero attached hydrogens (tertiary/aromatic N) is 4. The topological polar surface area (TPSA) is 60.4 Å². The first-order valence-corrected chi connectivity index (χ1v) is 11.3. The van der Waals surface area contributed by atoms with Gasteiger partial charge in [-0.25, -0.2) is 4.99 Å². The first-order valence-electron chi connectivity index (χ1n) is 10.9. The van der Waals surface area contributed by atoms with Crippen molar-refractivity contribution in [2.45, 2.75) is 39.3 Å². The van der Waals surface area contributed by atoms with E-state index in [0.29, 0.717) is 11.6 Å². The van der Waals surface area contributed by atoms with Crippen molar-refractivity contribution in [3.05, 3.63) is 28.8 Å². The lowest BCUT2D eigenvalue weighted by molar-refractivity contribution is -0.135. The van der Waals surface area contributed by atoms with E-state index >= 15 is 0 Å². The van der Waals surface area contributed by atoms with Crippen LogP contribution in [-0.2, 0) is 11.3 Å². The minimum Gasteiger partial charge on any atom is -0.496 e. The van der Waals surface area contributed by atoms with Crippen LogP contribution in [0.15, 0.2) is 23.2 Å². The van der Waals surface area contributed by atoms with Crippen LogP contribution >= 0.6 is 11.6 Å². The predicted molar refractivity (Wildman–Crippen MR) is 121 cm³/mol. The average molecular weight is 436 g/mol. The molecule has 7 nitrogen and oxygen atoms in total. The summed E-state index contributed by atoms with van der Waals surface area (Å²) >= 11 is 6.06. The first-order chi connectivity index (χ1) is 14.5. The van der Waals surface area contributed by atoms with E-state index in [1.807, 2.05) is 30.0 Å². The fourth-order valence-electron chi connectivity index (χ4n) is 4.11. The Labute approximate surface area is 185 Å². The molecule has 1 aromatic carbocycles. The Kier molecular flexibility index (Phi) is 8.22. The third kappa shape index (κ3) is 5.58. The molecule has 1 unspecified atom stereocenters. The molecule has 3 rings (SSSR count). The number of halogens is 1. The summed E-state index contributed by atoms with van der Waals surface area (Å²) in [6.45, 7) is 10.7. The third-order valence-electron chi connectivity index (χ3n) is 5.92. The number of likely N-dealkylation sites (tertiary alicyclic amines) is 1. The number of carbonyl (C=O) groups is 1. The smallest absolute Gasteiger partial charge is 0.239 e. The number of methoxy groups -OCH3 is 1. The summed E-state index contributed by atoms with van der Waals surface area (Å²) in [7, 11) is 1.65. The molecular weight excluding hydrogens is 402 g/mol. The molecule has 30 heavy (non-hydrogen) atoms. The monoisotopic (exact) mass is 435 g/mol. The highest BCUT2D eigenvalue weighted by atomic mass is 35.5. The largest absolute Gasteiger partial charge is 0.496 e. The van der Waals surface area contributed by atoms with Gasteiger partial charge >= 0.3 is 0 Å². The molecule has 1 amide bonds. The molecule has 1 N–H and O–H groups in total. The molecule has 8 heteroatoms. The molecule has 2 aliphatic rings. The highest BCUT2D eigenvalue weighted by Gasteiger charge is 2.30. The molecule has 166 valence electrons. The number of hydrogen-bond donors (Lipinski definition) is 1. The number of aliphatic imine (C=N–C) groups is 1. The van der Waals surface area contributed by atoms with E-state index in [0.717, 1.165) is 75.9 Å². The zero-order valence-electron chi connectivity index (χ0n) is 18.4. The van der Waals surface area contributed by atoms with Crippen LogP contribution in [0, 0.1) is 0 Å². The van der Waals surface area contributed by atoms with Crippen molar-refractivity contribution >= 4 is 23.5 Å². The molecule has 0 aromatic heterocycles. The zero-order chi connectivity index (χ0) is 21.5. The fraction of sp³-hybridized carbons (Fsp3) is 0.636. The van der Waals surface area contributed by atoms with Crippen molar-refractivity contribution in [1.29, 1.82) is 0 Å². The van der Waals surface area contributed by atoms with Crippen LogP contribution < -0.4 is 10.1 Å². The first kappa shape index (κ1) is 22.7. The van der Waals surface area contributed by atoms with Gasteiger partial charge < -0.3 is 19.9 Å². The summed E-state index contributed by atoms with van der Waals surface area (Å²) in [4.78, 5) is 24.1. The van der Waals surface area contributed by atoms with Crippen molar-refractivity contribution in [2.75, 3.05) is 52.9 Å². The van der Waals surface area contributed by atoms with Crippen LogP contribution in [0.4, 0.5) is 0 Å². The second-order valence-corrected chi connectivity index (χ2v) is 8.29. The SMILES string of the molecule is CCNC(=NCc1ccc(Cl)cc1OC)N1CCN(C(C)C(=O)N2CCCC2)CC1. The lowest BCUT2D eigenvalue weighted by Crippen LogP contribution is -2.57. The molecule has 0 saturated carbocycles. The normalized spacial score (nSPS) is 19.1. The second-order valence-electron chi connectivity index (χ2n) is 7.86. The summed E-state index contributed by atoms with van der Waals surface area (Å²) < 4.78 is 5.44. The summed E-state index contributed by atoms with van der Waals surface area (Å²) in [5.74, 6) is 1.92. The van der Waals surface area contributed by atoms with Crippen LogP contribution in [0.25, 0.3) is 0 Å². The summed E-state index contributed by atoms with van der Waals surface area (Å²) in [6, 6.07) is 5.58. The zero-order valence-corrected chi connectivity index (χ0v) is 19.1. The van der Waals surface area contributed by atoms with Crippen LogP contribution in [0.3, 0.4) is 0 Å². The van der Waals surface area contributed by atoms with Gasteiger partial charge in [0, 0.05) is 56.4 Å². The highest BCUT2D eigenvalue weighted by molar-refractivity contribution is 6.30. The molecular formula is C22H34ClN5O2. The van der Waals surface area contributed by atoms with Gasteiger partial charge in [-0.1, -0.05) is 17.7 Å². The molecule has 2 fully saturated rings. The van der Waals surface area contributed by atoms with Gasteiger partial charge in [0.15, 0.2) is 5.96 Å². The number of ether oxygens (including phenoxy) is 1. The van der Waals surface area contributed by atoms with Crippen molar-refractivity contribution in [3.8, 4) is 5.75 Å². The molecule has 0 bridgehead atoms. The highest BCUT2D eigenvalue weighted by Crippen LogP contribution is 2.24. The average Bonchev–Trinajstić information content (AvgIpc) is 3.31. The Hall–Kier alpha value is -1.99. The van der Waals surface area contributed by atoms with Crippen LogP contribution in [0.5, 0.6) is 5.75 Å². The van der Waals surface area contributed by atoms with E-state index in [1.54, 1.807) is 7.11 Å². The quantitative estimate of drug-likeness (QED) is 0.549. The van der Waals surface area contributed by atoms with Gasteiger partial charge in [0.05, 0.1) is 19.7 Å². The number of nitrogens with one attached hydrogen (secondary N) is 1. The van der Waals surface area contributed by atoms with Crippen LogP contribution in [0.2, 0.25) is 5.02 Å². The summed E-state index contributed by atoms with van der Waals surface area (Å²) in [5.41, 5.74) is 1.00. The van der Waals surface area contributed by atoms with Gasteiger partial charge in [0.2, 0.25) is 5.91 Å². The number of hydrogen-bond acceptors (Lipinski definition) is 4. The van der Waals surface area contributed by atoms with E-state index in [2.05, 4.69) is 22.0 Å². The van der Waals surface area contributed by atoms with Crippen molar-refractivity contribution in [2.24, 2.45) is 4.99 Å². The van der Waals surface area contributed by atoms with E-state index in [-0.39, 0.29) is 11.9 Å². The standard InChI is InChI=1S/C22H34ClN5O2/c1-4-24-22(25-16-18-7-8-19(23)15-20(18)30-3)28-13-11-26(12-14-28)17(2)21(29)27-9-5-6-10-27/h7-8,15,17H,4-6,9-14,16H2,1-3H3,(H,24,25). The van der Waals surface area contributed by atoms with E-state index in [4.69, 9.17) is 21.3 Å². The minimum atomic E-state index is -0.0527. The van der Waals surface area contributed by atoms with Crippen molar-refractivity contribution in [1.82, 2.24) is 20.0 Å². The number of rotatable bonds is 6. The maximum Gasteiger partial charge on any atom is 0.239 e. The number of piperazine rings is 1. The molecule has 2 heterocycles. The third-order valence-corrected chi connectivity index (χ3v) is 6.15. The number of carbonyl (C=O) groups excluding carboxylic acids is 1. The van der Waals surface area contributed by atoms with Gasteiger partial charge in [-0.3, -0.25) is 9.69 Å². The Bertz CT molecular complexity index is 743. The van der Waals surface area contributed by atoms with Crippen molar-refractivity contribution in [3.63, 3.8) is 0 Å². The van der Waals surface area contributed by atoms with Crippen molar-refractivity contribution < 1.29 is 9.53 Å². The lowest BCUT2D eigenvalue weighted by atomic mass is 10.2. The Morgan fingerprint density at radius 3 is 2.50 bits per heavy atom. The van der Waals surface area contributed by atoms with Gasteiger partial charge in [-0.15, -0.1) is 0 Å². The Balaban J connectivity index is 1.60. The van der Waals surface area contributed by atoms with Gasteiger partial charge in [0.25, 0.3) is 0 Å². The molecule has 0 radical (unpaired) electrons. The number of benzene rings is 1. The lowest BCUT2D eigenvalue weighted by Gasteiger charge is -2.39. The van der Waals surface area contributed by atoms with Gasteiger partial charge in [-0.05, 0) is 38.8 Å². The number of guanidine groups is 1. The Morgan fingerprint density at radius 2 is 1.87 bits per heavy atom. The maximum atomic E-state index is 12.7. The predicted octanol–water partition coefficient (Wildman–Crippen LogP) is 2.44. The molecule has 2 saturated heterocycles. The molecule has 2 aliphatic heterocycles. The molecule has 1 atom stereocenters. The fourth-order valence-corrected chi connectivity index (χ4v) is 4.28. The van der Waals surface area contributed by atoms with Gasteiger partial charge in [-0.2, -0.15) is 0 Å². The molecule has 1 aromatic rings. The van der Waals surface area contributed by atoms with E-state index in [1.165, 1.54) is 0 Å². The summed E-state index contributed by atoms with van der Waals surface area (Å²) in [5, 5.41) is 4.05. The molecule has 0 aliphatic carbocycles. The maximum absolute atomic E-state index is 12.7. The summed E-state index contributed by atoms with van der Waals surface area (Å²) in [6.07, 6.45) is 2.26. The Morgan fingerprint density at radius 1 is 1.17 bits per heavy atom. The molecule has 0 spiro atoms. The van der Waals surface area contributed by atoms with Crippen LogP contribution in [-0.4, -0.2) is 85.5 Å².